The van der Waals surface area contributed by atoms with E-state index < -0.39 is 0 Å². The summed E-state index contributed by atoms with van der Waals surface area (Å²) in [5.41, 5.74) is 1.09. The molecular weight excluding hydrogens is 252 g/mol. The Labute approximate surface area is 106 Å². The molecule has 2 aromatic heterocycles. The van der Waals surface area contributed by atoms with Crippen LogP contribution in [-0.4, -0.2) is 40.4 Å². The van der Waals surface area contributed by atoms with Crippen LogP contribution in [0.4, 0.5) is 0 Å². The third kappa shape index (κ3) is 1.91. The molecule has 0 fully saturated rings. The predicted octanol–water partition coefficient (Wildman–Crippen LogP) is 0.360. The van der Waals surface area contributed by atoms with E-state index in [0.29, 0.717) is 12.5 Å². The highest BCUT2D eigenvalue weighted by molar-refractivity contribution is 7.71. The third-order valence-electron chi connectivity index (χ3n) is 2.36. The molecule has 0 amide bonds. The number of benzene rings is 1. The summed E-state index contributed by atoms with van der Waals surface area (Å²) in [5.74, 6) is 0.453. The number of H-pyrrole nitrogens is 1. The van der Waals surface area contributed by atoms with Crippen molar-refractivity contribution in [3.63, 3.8) is 0 Å². The van der Waals surface area contributed by atoms with E-state index in [1.54, 1.807) is 4.68 Å². The first kappa shape index (κ1) is 10.7. The molecule has 1 N–H and O–H groups in total. The molecule has 8 nitrogen and oxygen atoms in total. The zero-order chi connectivity index (χ0) is 12.4. The largest absolute Gasteiger partial charge is 0.272 e. The Kier molecular flexibility index (Phi) is 2.65. The number of aromatic amines is 1. The van der Waals surface area contributed by atoms with E-state index in [9.17, 15) is 0 Å². The van der Waals surface area contributed by atoms with Crippen molar-refractivity contribution >= 4 is 12.2 Å². The molecule has 0 aliphatic heterocycles. The molecule has 0 saturated heterocycles. The van der Waals surface area contributed by atoms with Crippen LogP contribution in [0.15, 0.2) is 30.3 Å². The molecule has 0 aliphatic carbocycles. The highest BCUT2D eigenvalue weighted by atomic mass is 32.1. The van der Waals surface area contributed by atoms with Gasteiger partial charge in [0.2, 0.25) is 4.77 Å². The number of aromatic nitrogens is 8. The van der Waals surface area contributed by atoms with Gasteiger partial charge in [-0.3, -0.25) is 0 Å². The van der Waals surface area contributed by atoms with Crippen molar-refractivity contribution in [1.29, 1.82) is 0 Å². The van der Waals surface area contributed by atoms with Crippen LogP contribution in [0.25, 0.3) is 5.95 Å². The lowest BCUT2D eigenvalue weighted by Crippen LogP contribution is -2.11. The molecule has 3 rings (SSSR count). The summed E-state index contributed by atoms with van der Waals surface area (Å²) in [6, 6.07) is 9.87. The van der Waals surface area contributed by atoms with Gasteiger partial charge in [-0.2, -0.15) is 9.90 Å². The Morgan fingerprint density at radius 1 is 1.17 bits per heavy atom. The Balaban J connectivity index is 1.98. The molecule has 0 aliphatic rings. The Morgan fingerprint density at radius 2 is 2.00 bits per heavy atom. The fourth-order valence-electron chi connectivity index (χ4n) is 1.55. The van der Waals surface area contributed by atoms with E-state index in [1.807, 2.05) is 30.3 Å². The maximum atomic E-state index is 5.01. The van der Waals surface area contributed by atoms with Gasteiger partial charge in [0, 0.05) is 0 Å². The quantitative estimate of drug-likeness (QED) is 0.684. The lowest BCUT2D eigenvalue weighted by molar-refractivity contribution is 0.610. The van der Waals surface area contributed by atoms with Crippen molar-refractivity contribution in [2.45, 2.75) is 6.54 Å². The first-order valence-electron chi connectivity index (χ1n) is 5.15. The molecule has 9 heteroatoms. The van der Waals surface area contributed by atoms with Crippen LogP contribution in [-0.2, 0) is 6.54 Å². The van der Waals surface area contributed by atoms with E-state index in [0.717, 1.165) is 5.56 Å². The van der Waals surface area contributed by atoms with Gasteiger partial charge in [0.05, 0.1) is 6.54 Å². The summed E-state index contributed by atoms with van der Waals surface area (Å²) >= 11 is 5.01. The van der Waals surface area contributed by atoms with Gasteiger partial charge in [-0.15, -0.1) is 0 Å². The van der Waals surface area contributed by atoms with Crippen LogP contribution in [0.5, 0.6) is 0 Å². The zero-order valence-electron chi connectivity index (χ0n) is 9.13. The van der Waals surface area contributed by atoms with Gasteiger partial charge in [0.1, 0.15) is 0 Å². The standard InChI is InChI=1S/C9H8N8S/c18-9-11-13-15-17(9)8-10-12-14-16(8)6-7-4-2-1-3-5-7/h1-5H,6H2,(H,11,15,18). The Morgan fingerprint density at radius 3 is 2.72 bits per heavy atom. The molecular formula is C9H8N8S. The summed E-state index contributed by atoms with van der Waals surface area (Å²) < 4.78 is 3.34. The first-order valence-corrected chi connectivity index (χ1v) is 5.56. The molecule has 0 atom stereocenters. The summed E-state index contributed by atoms with van der Waals surface area (Å²) in [5, 5.41) is 21.4. The maximum Gasteiger partial charge on any atom is 0.272 e. The molecule has 90 valence electrons. The summed E-state index contributed by atoms with van der Waals surface area (Å²) in [7, 11) is 0. The second kappa shape index (κ2) is 4.45. The van der Waals surface area contributed by atoms with Crippen molar-refractivity contribution in [2.24, 2.45) is 0 Å². The van der Waals surface area contributed by atoms with Gasteiger partial charge in [0.25, 0.3) is 5.95 Å². The number of tetrazole rings is 2. The molecule has 2 heterocycles. The van der Waals surface area contributed by atoms with E-state index in [2.05, 4.69) is 31.1 Å². The van der Waals surface area contributed by atoms with Crippen LogP contribution < -0.4 is 0 Å². The zero-order valence-corrected chi connectivity index (χ0v) is 9.95. The molecule has 0 unspecified atom stereocenters. The molecule has 3 aromatic rings. The lowest BCUT2D eigenvalue weighted by atomic mass is 10.2. The smallest absolute Gasteiger partial charge is 0.205 e. The first-order chi connectivity index (χ1) is 8.84. The topological polar surface area (TPSA) is 90.1 Å². The number of rotatable bonds is 3. The highest BCUT2D eigenvalue weighted by Crippen LogP contribution is 2.05. The highest BCUT2D eigenvalue weighted by Gasteiger charge is 2.10. The number of hydrogen-bond acceptors (Lipinski definition) is 6. The van der Waals surface area contributed by atoms with E-state index >= 15 is 0 Å². The molecule has 1 aromatic carbocycles. The number of hydrogen-bond donors (Lipinski definition) is 1. The van der Waals surface area contributed by atoms with Gasteiger partial charge >= 0.3 is 0 Å². The van der Waals surface area contributed by atoms with Crippen molar-refractivity contribution in [1.82, 2.24) is 40.4 Å². The minimum absolute atomic E-state index is 0.277. The van der Waals surface area contributed by atoms with Gasteiger partial charge in [-0.25, -0.2) is 4.68 Å². The van der Waals surface area contributed by atoms with Crippen molar-refractivity contribution in [2.75, 3.05) is 0 Å². The van der Waals surface area contributed by atoms with E-state index in [1.165, 1.54) is 4.68 Å². The second-order valence-electron chi connectivity index (χ2n) is 3.54. The minimum Gasteiger partial charge on any atom is -0.205 e. The van der Waals surface area contributed by atoms with Crippen LogP contribution >= 0.6 is 12.2 Å². The van der Waals surface area contributed by atoms with Gasteiger partial charge in [0.15, 0.2) is 0 Å². The SMILES string of the molecule is S=c1nn[nH]n1-c1nnnn1Cc1ccccc1. The second-order valence-corrected chi connectivity index (χ2v) is 3.91. The van der Waals surface area contributed by atoms with E-state index in [4.69, 9.17) is 12.2 Å². The van der Waals surface area contributed by atoms with Crippen LogP contribution in [0, 0.1) is 4.77 Å². The van der Waals surface area contributed by atoms with Crippen LogP contribution in [0.1, 0.15) is 5.56 Å². The average molecular weight is 260 g/mol. The van der Waals surface area contributed by atoms with Crippen molar-refractivity contribution in [3.05, 3.63) is 40.7 Å². The van der Waals surface area contributed by atoms with Gasteiger partial charge < -0.3 is 0 Å². The van der Waals surface area contributed by atoms with Gasteiger partial charge in [-0.05, 0) is 28.2 Å². The molecule has 0 bridgehead atoms. The van der Waals surface area contributed by atoms with Crippen LogP contribution in [0.2, 0.25) is 0 Å². The lowest BCUT2D eigenvalue weighted by Gasteiger charge is -2.03. The maximum absolute atomic E-state index is 5.01. The van der Waals surface area contributed by atoms with Gasteiger partial charge in [-0.1, -0.05) is 45.7 Å². The monoisotopic (exact) mass is 260 g/mol. The predicted molar refractivity (Wildman–Crippen MR) is 63.5 cm³/mol. The number of nitrogens with one attached hydrogen (secondary N) is 1. The molecule has 0 spiro atoms. The summed E-state index contributed by atoms with van der Waals surface area (Å²) in [6.07, 6.45) is 0. The Bertz CT molecular complexity index is 696. The summed E-state index contributed by atoms with van der Waals surface area (Å²) in [4.78, 5) is 0. The van der Waals surface area contributed by atoms with Crippen molar-refractivity contribution in [3.8, 4) is 5.95 Å². The minimum atomic E-state index is 0.277. The Hall–Kier alpha value is -2.42. The third-order valence-corrected chi connectivity index (χ3v) is 2.62. The number of nitrogens with zero attached hydrogens (tertiary/aromatic N) is 7. The van der Waals surface area contributed by atoms with E-state index in [-0.39, 0.29) is 4.77 Å². The normalized spacial score (nSPS) is 10.7. The molecule has 18 heavy (non-hydrogen) atoms. The fraction of sp³-hybridized carbons (Fsp3) is 0.111. The van der Waals surface area contributed by atoms with Crippen LogP contribution in [0.3, 0.4) is 0 Å². The fourth-order valence-corrected chi connectivity index (χ4v) is 1.71. The average Bonchev–Trinajstić information content (AvgIpc) is 2.99. The summed E-state index contributed by atoms with van der Waals surface area (Å²) in [6.45, 7) is 0.546. The van der Waals surface area contributed by atoms with Crippen molar-refractivity contribution < 1.29 is 0 Å². The molecule has 0 saturated carbocycles. The molecule has 0 radical (unpaired) electrons.